The zero-order chi connectivity index (χ0) is 12.3. The van der Waals surface area contributed by atoms with Gasteiger partial charge in [0, 0.05) is 10.7 Å². The van der Waals surface area contributed by atoms with E-state index < -0.39 is 0 Å². The second-order valence-electron chi connectivity index (χ2n) is 3.45. The maximum absolute atomic E-state index is 10.7. The first-order valence-corrected chi connectivity index (χ1v) is 6.16. The molecule has 0 saturated heterocycles. The minimum Gasteiger partial charge on any atom is -0.334 e. The van der Waals surface area contributed by atoms with Gasteiger partial charge in [0.2, 0.25) is 0 Å². The summed E-state index contributed by atoms with van der Waals surface area (Å²) in [7, 11) is 0. The highest BCUT2D eigenvalue weighted by Gasteiger charge is 2.17. The summed E-state index contributed by atoms with van der Waals surface area (Å²) in [6, 6.07) is 7.35. The van der Waals surface area contributed by atoms with Gasteiger partial charge in [-0.25, -0.2) is 0 Å². The first-order chi connectivity index (χ1) is 8.13. The summed E-state index contributed by atoms with van der Waals surface area (Å²) >= 11 is 7.19. The fraction of sp³-hybridized carbons (Fsp3) is 0.182. The molecule has 0 radical (unpaired) electrons. The molecule has 4 nitrogen and oxygen atoms in total. The molecule has 6 heteroatoms. The van der Waals surface area contributed by atoms with Gasteiger partial charge in [0.1, 0.15) is 6.54 Å². The van der Waals surface area contributed by atoms with Crippen LogP contribution in [-0.2, 0) is 4.79 Å². The second-order valence-corrected chi connectivity index (χ2v) is 4.84. The largest absolute Gasteiger partial charge is 0.334 e. The van der Waals surface area contributed by atoms with Crippen LogP contribution in [0.5, 0.6) is 0 Å². The Morgan fingerprint density at radius 2 is 2.12 bits per heavy atom. The molecule has 1 aromatic carbocycles. The number of nitrogens with zero attached hydrogens (tertiary/aromatic N) is 2. The minimum absolute atomic E-state index is 0.0346. The first kappa shape index (κ1) is 12.1. The molecule has 0 atom stereocenters. The molecule has 0 aliphatic carbocycles. The number of carbonyl (C=O) groups is 1. The van der Waals surface area contributed by atoms with Crippen LogP contribution in [0.3, 0.4) is 0 Å². The van der Waals surface area contributed by atoms with Crippen molar-refractivity contribution in [1.82, 2.24) is 0 Å². The Labute approximate surface area is 108 Å². The number of Topliss-reactive ketones (excluding diaryl/α,β-unsaturated/α-hetero) is 1. The predicted molar refractivity (Wildman–Crippen MR) is 73.1 cm³/mol. The van der Waals surface area contributed by atoms with Gasteiger partial charge in [0.15, 0.2) is 16.1 Å². The molecule has 0 aromatic heterocycles. The summed E-state index contributed by atoms with van der Waals surface area (Å²) in [6.45, 7) is 1.70. The number of nitrogens with one attached hydrogen (secondary N) is 1. The zero-order valence-electron chi connectivity index (χ0n) is 9.11. The first-order valence-electron chi connectivity index (χ1n) is 4.96. The molecule has 1 aliphatic rings. The lowest BCUT2D eigenvalue weighted by Crippen LogP contribution is -2.20. The van der Waals surface area contributed by atoms with Crippen LogP contribution in [-0.4, -0.2) is 22.7 Å². The number of rotatable bonds is 3. The summed E-state index contributed by atoms with van der Waals surface area (Å²) in [6.07, 6.45) is 0. The van der Waals surface area contributed by atoms with Crippen molar-refractivity contribution in [2.45, 2.75) is 6.92 Å². The average Bonchev–Trinajstić information content (AvgIpc) is 2.23. The Balaban J connectivity index is 1.91. The third-order valence-corrected chi connectivity index (χ3v) is 2.96. The maximum Gasteiger partial charge on any atom is 0.193 e. The number of ketones is 1. The molecule has 2 rings (SSSR count). The predicted octanol–water partition coefficient (Wildman–Crippen LogP) is 2.80. The van der Waals surface area contributed by atoms with Crippen LogP contribution in [0.4, 0.5) is 5.69 Å². The van der Waals surface area contributed by atoms with Crippen LogP contribution in [0.25, 0.3) is 0 Å². The van der Waals surface area contributed by atoms with Gasteiger partial charge in [0.05, 0.1) is 0 Å². The number of amidine groups is 2. The molecule has 1 heterocycles. The smallest absolute Gasteiger partial charge is 0.193 e. The number of benzene rings is 1. The van der Waals surface area contributed by atoms with E-state index in [1.165, 1.54) is 18.7 Å². The van der Waals surface area contributed by atoms with Crippen LogP contribution < -0.4 is 5.32 Å². The van der Waals surface area contributed by atoms with E-state index in [0.29, 0.717) is 10.2 Å². The number of carbonyl (C=O) groups excluding carboxylic acids is 1. The summed E-state index contributed by atoms with van der Waals surface area (Å²) in [5.41, 5.74) is 0.922. The Morgan fingerprint density at radius 3 is 2.71 bits per heavy atom. The van der Waals surface area contributed by atoms with E-state index in [1.54, 1.807) is 12.1 Å². The lowest BCUT2D eigenvalue weighted by Gasteiger charge is -2.15. The molecule has 88 valence electrons. The highest BCUT2D eigenvalue weighted by Crippen LogP contribution is 2.22. The van der Waals surface area contributed by atoms with Crippen molar-refractivity contribution >= 4 is 45.2 Å². The fourth-order valence-corrected chi connectivity index (χ4v) is 1.87. The summed E-state index contributed by atoms with van der Waals surface area (Å²) in [4.78, 5) is 18.9. The molecule has 1 N–H and O–H groups in total. The summed E-state index contributed by atoms with van der Waals surface area (Å²) in [5, 5.41) is 5.22. The maximum atomic E-state index is 10.7. The standard InChI is InChI=1S/C11H10ClN3OS/c1-7(16)6-13-10-15-11(17-10)14-9-4-2-8(12)3-5-9/h2-5H,6H2,1H3,(H,13,14,15). The van der Waals surface area contributed by atoms with E-state index in [-0.39, 0.29) is 12.3 Å². The van der Waals surface area contributed by atoms with Crippen LogP contribution in [0.2, 0.25) is 5.02 Å². The van der Waals surface area contributed by atoms with Gasteiger partial charge >= 0.3 is 0 Å². The normalized spacial score (nSPS) is 16.4. The monoisotopic (exact) mass is 267 g/mol. The van der Waals surface area contributed by atoms with Crippen molar-refractivity contribution in [2.75, 3.05) is 11.9 Å². The number of hydrogen-bond acceptors (Lipinski definition) is 4. The van der Waals surface area contributed by atoms with Gasteiger partial charge in [-0.3, -0.25) is 9.79 Å². The van der Waals surface area contributed by atoms with Crippen molar-refractivity contribution in [3.63, 3.8) is 0 Å². The number of halogens is 1. The quantitative estimate of drug-likeness (QED) is 0.916. The van der Waals surface area contributed by atoms with E-state index in [9.17, 15) is 4.79 Å². The van der Waals surface area contributed by atoms with Crippen molar-refractivity contribution in [3.8, 4) is 0 Å². The van der Waals surface area contributed by atoms with E-state index >= 15 is 0 Å². The van der Waals surface area contributed by atoms with Gasteiger partial charge in [-0.05, 0) is 43.0 Å². The average molecular weight is 268 g/mol. The van der Waals surface area contributed by atoms with Crippen molar-refractivity contribution in [2.24, 2.45) is 9.98 Å². The van der Waals surface area contributed by atoms with E-state index in [0.717, 1.165) is 10.9 Å². The van der Waals surface area contributed by atoms with Crippen molar-refractivity contribution in [1.29, 1.82) is 0 Å². The van der Waals surface area contributed by atoms with E-state index in [4.69, 9.17) is 11.6 Å². The topological polar surface area (TPSA) is 53.8 Å². The molecule has 0 fully saturated rings. The summed E-state index contributed by atoms with van der Waals surface area (Å²) < 4.78 is 0. The third-order valence-electron chi connectivity index (χ3n) is 1.92. The van der Waals surface area contributed by atoms with Crippen molar-refractivity contribution < 1.29 is 4.79 Å². The fourth-order valence-electron chi connectivity index (χ4n) is 1.14. The number of anilines is 1. The van der Waals surface area contributed by atoms with Crippen LogP contribution in [0.15, 0.2) is 34.3 Å². The molecule has 0 spiro atoms. The molecule has 1 aromatic rings. The molecule has 0 unspecified atom stereocenters. The van der Waals surface area contributed by atoms with Crippen LogP contribution >= 0.6 is 23.4 Å². The van der Waals surface area contributed by atoms with Gasteiger partial charge in [-0.15, -0.1) is 0 Å². The Kier molecular flexibility index (Phi) is 3.81. The van der Waals surface area contributed by atoms with E-state index in [1.807, 2.05) is 12.1 Å². The molecule has 0 bridgehead atoms. The molecule has 17 heavy (non-hydrogen) atoms. The van der Waals surface area contributed by atoms with Crippen LogP contribution in [0.1, 0.15) is 6.92 Å². The van der Waals surface area contributed by atoms with Gasteiger partial charge in [-0.1, -0.05) is 11.6 Å². The van der Waals surface area contributed by atoms with Crippen LogP contribution in [0, 0.1) is 0 Å². The molecular formula is C11H10ClN3OS. The zero-order valence-corrected chi connectivity index (χ0v) is 10.7. The number of aliphatic imine (C=N–C) groups is 2. The molecular weight excluding hydrogens is 258 g/mol. The highest BCUT2D eigenvalue weighted by molar-refractivity contribution is 8.29. The molecule has 0 amide bonds. The Bertz CT molecular complexity index is 496. The highest BCUT2D eigenvalue weighted by atomic mass is 35.5. The Hall–Kier alpha value is -1.33. The van der Waals surface area contributed by atoms with Gasteiger partial charge in [0.25, 0.3) is 0 Å². The molecule has 0 saturated carbocycles. The SMILES string of the molecule is CC(=O)CN=C1N=C(Nc2ccc(Cl)cc2)S1. The minimum atomic E-state index is 0.0346. The lowest BCUT2D eigenvalue weighted by molar-refractivity contribution is -0.115. The molecule has 1 aliphatic heterocycles. The van der Waals surface area contributed by atoms with Gasteiger partial charge in [-0.2, -0.15) is 4.99 Å². The Morgan fingerprint density at radius 1 is 1.47 bits per heavy atom. The number of thioether (sulfide) groups is 1. The van der Waals surface area contributed by atoms with E-state index in [2.05, 4.69) is 15.3 Å². The second kappa shape index (κ2) is 5.33. The third kappa shape index (κ3) is 3.57. The summed E-state index contributed by atoms with van der Waals surface area (Å²) in [5.74, 6) is 0.0346. The number of hydrogen-bond donors (Lipinski definition) is 1. The van der Waals surface area contributed by atoms with Gasteiger partial charge < -0.3 is 5.32 Å². The lowest BCUT2D eigenvalue weighted by atomic mass is 10.3. The van der Waals surface area contributed by atoms with Crippen molar-refractivity contribution in [3.05, 3.63) is 29.3 Å².